The first kappa shape index (κ1) is 17.9. The summed E-state index contributed by atoms with van der Waals surface area (Å²) in [6.07, 6.45) is 4.00. The summed E-state index contributed by atoms with van der Waals surface area (Å²) in [5, 5.41) is 1.32. The second-order valence-electron chi connectivity index (χ2n) is 5.47. The van der Waals surface area contributed by atoms with Crippen LogP contribution in [0.5, 0.6) is 0 Å². The number of nitrogens with zero attached hydrogens (tertiary/aromatic N) is 4. The molecule has 1 heterocycles. The van der Waals surface area contributed by atoms with E-state index in [4.69, 9.17) is 5.84 Å². The summed E-state index contributed by atoms with van der Waals surface area (Å²) in [6.45, 7) is 10.2. The molecule has 0 aliphatic heterocycles. The van der Waals surface area contributed by atoms with Gasteiger partial charge in [0.1, 0.15) is 5.82 Å². The van der Waals surface area contributed by atoms with Gasteiger partial charge in [0.25, 0.3) is 0 Å². The summed E-state index contributed by atoms with van der Waals surface area (Å²) in [7, 11) is 0. The van der Waals surface area contributed by atoms with Crippen LogP contribution in [-0.2, 0) is 19.3 Å². The number of nitrogens with two attached hydrogens (primary N) is 1. The van der Waals surface area contributed by atoms with Crippen LogP contribution in [-0.4, -0.2) is 21.1 Å². The zero-order valence-electron chi connectivity index (χ0n) is 14.6. The van der Waals surface area contributed by atoms with Crippen molar-refractivity contribution in [1.82, 2.24) is 14.5 Å². The molecule has 0 amide bonds. The van der Waals surface area contributed by atoms with Crippen molar-refractivity contribution in [1.29, 1.82) is 0 Å². The molecular weight excluding hydrogens is 302 g/mol. The van der Waals surface area contributed by atoms with Crippen LogP contribution < -0.4 is 16.5 Å². The lowest BCUT2D eigenvalue weighted by Gasteiger charge is -2.19. The van der Waals surface area contributed by atoms with Gasteiger partial charge in [-0.15, -0.1) is 6.58 Å². The van der Waals surface area contributed by atoms with Crippen molar-refractivity contribution in [2.24, 2.45) is 5.84 Å². The first-order chi connectivity index (χ1) is 11.6. The average Bonchev–Trinajstić information content (AvgIpc) is 2.60. The van der Waals surface area contributed by atoms with Crippen LogP contribution in [0, 0.1) is 0 Å². The van der Waals surface area contributed by atoms with Crippen molar-refractivity contribution in [3.8, 4) is 5.69 Å². The van der Waals surface area contributed by atoms with Gasteiger partial charge in [0.05, 0.1) is 12.2 Å². The lowest BCUT2D eigenvalue weighted by molar-refractivity contribution is 0.734. The standard InChI is InChI=1S/C18H25N5O/c1-5-12-22(19)17-20-16(8-4)23(18(24)21-17)15-11-9-10-13(6-2)14(15)7-3/h5,9-11H,1,6-8,12,19H2,2-4H3. The highest BCUT2D eigenvalue weighted by atomic mass is 16.1. The summed E-state index contributed by atoms with van der Waals surface area (Å²) in [4.78, 5) is 21.2. The molecule has 0 aliphatic rings. The van der Waals surface area contributed by atoms with Crippen LogP contribution in [0.1, 0.15) is 37.7 Å². The summed E-state index contributed by atoms with van der Waals surface area (Å²) < 4.78 is 1.60. The number of benzene rings is 1. The maximum absolute atomic E-state index is 12.7. The van der Waals surface area contributed by atoms with E-state index < -0.39 is 0 Å². The SMILES string of the molecule is C=CCN(N)c1nc(CC)n(-c2cccc(CC)c2CC)c(=O)n1. The number of hydrazine groups is 1. The van der Waals surface area contributed by atoms with E-state index in [2.05, 4.69) is 36.5 Å². The third-order valence-electron chi connectivity index (χ3n) is 4.00. The zero-order valence-corrected chi connectivity index (χ0v) is 14.6. The van der Waals surface area contributed by atoms with E-state index in [0.717, 1.165) is 24.1 Å². The fourth-order valence-corrected chi connectivity index (χ4v) is 2.83. The van der Waals surface area contributed by atoms with Gasteiger partial charge in [0.15, 0.2) is 0 Å². The van der Waals surface area contributed by atoms with Crippen LogP contribution in [0.2, 0.25) is 0 Å². The van der Waals surface area contributed by atoms with Gasteiger partial charge in [-0.1, -0.05) is 39.0 Å². The summed E-state index contributed by atoms with van der Waals surface area (Å²) in [5.41, 5.74) is 2.89. The maximum Gasteiger partial charge on any atom is 0.356 e. The van der Waals surface area contributed by atoms with E-state index in [1.54, 1.807) is 10.6 Å². The third kappa shape index (κ3) is 3.38. The second kappa shape index (κ2) is 7.88. The molecule has 0 saturated carbocycles. The third-order valence-corrected chi connectivity index (χ3v) is 4.00. The molecule has 0 atom stereocenters. The highest BCUT2D eigenvalue weighted by Crippen LogP contribution is 2.21. The Labute approximate surface area is 142 Å². The fraction of sp³-hybridized carbons (Fsp3) is 0.389. The number of aryl methyl sites for hydroxylation is 2. The Morgan fingerprint density at radius 2 is 1.96 bits per heavy atom. The van der Waals surface area contributed by atoms with E-state index in [9.17, 15) is 4.79 Å². The van der Waals surface area contributed by atoms with Crippen molar-refractivity contribution >= 4 is 5.95 Å². The Balaban J connectivity index is 2.68. The van der Waals surface area contributed by atoms with Crippen LogP contribution in [0.4, 0.5) is 5.95 Å². The number of rotatable bonds is 7. The van der Waals surface area contributed by atoms with Crippen LogP contribution >= 0.6 is 0 Å². The topological polar surface area (TPSA) is 77.0 Å². The predicted octanol–water partition coefficient (Wildman–Crippen LogP) is 2.18. The smallest absolute Gasteiger partial charge is 0.275 e. The highest BCUT2D eigenvalue weighted by Gasteiger charge is 2.16. The quantitative estimate of drug-likeness (QED) is 0.479. The Hall–Kier alpha value is -2.47. The number of anilines is 1. The van der Waals surface area contributed by atoms with E-state index in [0.29, 0.717) is 18.8 Å². The average molecular weight is 327 g/mol. The van der Waals surface area contributed by atoms with E-state index in [1.807, 2.05) is 19.1 Å². The van der Waals surface area contributed by atoms with Gasteiger partial charge < -0.3 is 0 Å². The van der Waals surface area contributed by atoms with Crippen molar-refractivity contribution in [2.75, 3.05) is 11.6 Å². The summed E-state index contributed by atoms with van der Waals surface area (Å²) >= 11 is 0. The molecule has 1 aromatic carbocycles. The maximum atomic E-state index is 12.7. The van der Waals surface area contributed by atoms with Gasteiger partial charge in [-0.25, -0.2) is 15.2 Å². The highest BCUT2D eigenvalue weighted by molar-refractivity contribution is 5.47. The molecule has 0 fully saturated rings. The summed E-state index contributed by atoms with van der Waals surface area (Å²) in [5.74, 6) is 6.74. The molecule has 0 bridgehead atoms. The van der Waals surface area contributed by atoms with Gasteiger partial charge in [-0.3, -0.25) is 5.01 Å². The van der Waals surface area contributed by atoms with Crippen LogP contribution in [0.25, 0.3) is 5.69 Å². The van der Waals surface area contributed by atoms with Gasteiger partial charge in [-0.05, 0) is 30.0 Å². The minimum Gasteiger partial charge on any atom is -0.275 e. The van der Waals surface area contributed by atoms with Crippen molar-refractivity contribution in [2.45, 2.75) is 40.0 Å². The summed E-state index contributed by atoms with van der Waals surface area (Å²) in [6, 6.07) is 6.02. The van der Waals surface area contributed by atoms with E-state index in [-0.39, 0.29) is 11.6 Å². The van der Waals surface area contributed by atoms with Gasteiger partial charge in [0, 0.05) is 6.42 Å². The molecule has 6 nitrogen and oxygen atoms in total. The molecule has 2 aromatic rings. The first-order valence-corrected chi connectivity index (χ1v) is 8.31. The van der Waals surface area contributed by atoms with Gasteiger partial charge in [0.2, 0.25) is 5.95 Å². The normalized spacial score (nSPS) is 10.7. The second-order valence-corrected chi connectivity index (χ2v) is 5.47. The van der Waals surface area contributed by atoms with Gasteiger partial charge in [-0.2, -0.15) is 9.97 Å². The van der Waals surface area contributed by atoms with Crippen molar-refractivity contribution in [3.05, 3.63) is 58.3 Å². The largest absolute Gasteiger partial charge is 0.356 e. The van der Waals surface area contributed by atoms with Crippen molar-refractivity contribution < 1.29 is 0 Å². The molecule has 1 aromatic heterocycles. The van der Waals surface area contributed by atoms with Crippen LogP contribution in [0.3, 0.4) is 0 Å². The zero-order chi connectivity index (χ0) is 17.7. The molecule has 0 unspecified atom stereocenters. The van der Waals surface area contributed by atoms with E-state index >= 15 is 0 Å². The molecule has 24 heavy (non-hydrogen) atoms. The van der Waals surface area contributed by atoms with E-state index in [1.165, 1.54) is 10.6 Å². The molecule has 0 aliphatic carbocycles. The lowest BCUT2D eigenvalue weighted by atomic mass is 10.0. The predicted molar refractivity (Wildman–Crippen MR) is 97.5 cm³/mol. The molecule has 2 rings (SSSR count). The first-order valence-electron chi connectivity index (χ1n) is 8.31. The van der Waals surface area contributed by atoms with Crippen LogP contribution in [0.15, 0.2) is 35.6 Å². The minimum absolute atomic E-state index is 0.220. The number of hydrogen-bond acceptors (Lipinski definition) is 5. The van der Waals surface area contributed by atoms with Gasteiger partial charge >= 0.3 is 5.69 Å². The molecule has 0 radical (unpaired) electrons. The Kier molecular flexibility index (Phi) is 5.87. The molecular formula is C18H25N5O. The lowest BCUT2D eigenvalue weighted by Crippen LogP contribution is -2.37. The number of hydrogen-bond donors (Lipinski definition) is 1. The molecule has 6 heteroatoms. The molecule has 2 N–H and O–H groups in total. The Morgan fingerprint density at radius 1 is 1.21 bits per heavy atom. The molecule has 0 saturated heterocycles. The fourth-order valence-electron chi connectivity index (χ4n) is 2.83. The molecule has 0 spiro atoms. The molecule has 128 valence electrons. The Bertz CT molecular complexity index is 781. The number of aromatic nitrogens is 3. The van der Waals surface area contributed by atoms with Crippen molar-refractivity contribution in [3.63, 3.8) is 0 Å². The minimum atomic E-state index is -0.362. The monoisotopic (exact) mass is 327 g/mol. The Morgan fingerprint density at radius 3 is 2.54 bits per heavy atom.